The van der Waals surface area contributed by atoms with Gasteiger partial charge in [0.15, 0.2) is 0 Å². The van der Waals surface area contributed by atoms with Gasteiger partial charge in [0.25, 0.3) is 0 Å². The van der Waals surface area contributed by atoms with Crippen LogP contribution in [0.2, 0.25) is 5.02 Å². The van der Waals surface area contributed by atoms with E-state index in [0.717, 1.165) is 41.1 Å². The van der Waals surface area contributed by atoms with Crippen LogP contribution in [0.1, 0.15) is 18.5 Å². The van der Waals surface area contributed by atoms with E-state index >= 15 is 0 Å². The van der Waals surface area contributed by atoms with Gasteiger partial charge in [-0.3, -0.25) is 0 Å². The third-order valence-corrected chi connectivity index (χ3v) is 8.31. The number of hydrogen-bond donors (Lipinski definition) is 1. The van der Waals surface area contributed by atoms with E-state index in [1.165, 1.54) is 25.6 Å². The molecule has 2 aromatic heterocycles. The molecule has 4 aromatic rings. The standard InChI is InChI=1S/C27H26ClFN4O4S/c1-16-21-10-17(12-24(26(21)32-15-31-16)37-20-6-8-36-9-7-20)18-11-23(27(35-2)30-14-18)33-38(3,34)25-5-4-19(29)13-22(25)28/h4-5,10-15,20H,3,6-9H2,1-2H3,(H,33,34). The number of hydrogen-bond acceptors (Lipinski definition) is 7. The third-order valence-electron chi connectivity index (χ3n) is 6.27. The van der Waals surface area contributed by atoms with Crippen molar-refractivity contribution in [3.63, 3.8) is 0 Å². The Morgan fingerprint density at radius 3 is 2.66 bits per heavy atom. The molecule has 8 nitrogen and oxygen atoms in total. The van der Waals surface area contributed by atoms with E-state index in [0.29, 0.717) is 30.2 Å². The summed E-state index contributed by atoms with van der Waals surface area (Å²) < 4.78 is 47.3. The van der Waals surface area contributed by atoms with E-state index in [9.17, 15) is 8.60 Å². The Morgan fingerprint density at radius 1 is 1.13 bits per heavy atom. The van der Waals surface area contributed by atoms with E-state index in [2.05, 4.69) is 25.5 Å². The Morgan fingerprint density at radius 2 is 1.92 bits per heavy atom. The molecule has 1 atom stereocenters. The van der Waals surface area contributed by atoms with Gasteiger partial charge >= 0.3 is 0 Å². The van der Waals surface area contributed by atoms with Gasteiger partial charge in [0, 0.05) is 35.7 Å². The molecule has 0 amide bonds. The molecule has 0 radical (unpaired) electrons. The summed E-state index contributed by atoms with van der Waals surface area (Å²) in [6.07, 6.45) is 4.77. The van der Waals surface area contributed by atoms with Crippen molar-refractivity contribution in [2.24, 2.45) is 0 Å². The van der Waals surface area contributed by atoms with Gasteiger partial charge in [-0.1, -0.05) is 11.6 Å². The largest absolute Gasteiger partial charge is 0.488 e. The van der Waals surface area contributed by atoms with Crippen LogP contribution in [0.3, 0.4) is 0 Å². The van der Waals surface area contributed by atoms with Crippen LogP contribution in [0.25, 0.3) is 22.0 Å². The molecule has 1 aliphatic heterocycles. The second kappa shape index (κ2) is 10.7. The Kier molecular flexibility index (Phi) is 7.38. The fourth-order valence-corrected chi connectivity index (χ4v) is 6.12. The maximum absolute atomic E-state index is 13.6. The second-order valence-corrected chi connectivity index (χ2v) is 11.3. The first-order valence-corrected chi connectivity index (χ1v) is 14.0. The molecule has 3 heterocycles. The van der Waals surface area contributed by atoms with Crippen molar-refractivity contribution in [2.75, 3.05) is 25.0 Å². The lowest BCUT2D eigenvalue weighted by atomic mass is 10.0. The van der Waals surface area contributed by atoms with E-state index in [1.54, 1.807) is 12.3 Å². The first-order chi connectivity index (χ1) is 18.2. The molecule has 2 aromatic carbocycles. The number of aromatic nitrogens is 3. The first kappa shape index (κ1) is 26.1. The molecule has 198 valence electrons. The Bertz CT molecular complexity index is 1610. The molecule has 1 N–H and O–H groups in total. The third kappa shape index (κ3) is 5.38. The van der Waals surface area contributed by atoms with Crippen molar-refractivity contribution in [1.29, 1.82) is 0 Å². The first-order valence-electron chi connectivity index (χ1n) is 11.9. The molecule has 38 heavy (non-hydrogen) atoms. The number of aryl methyl sites for hydroxylation is 1. The molecular weight excluding hydrogens is 531 g/mol. The van der Waals surface area contributed by atoms with Crippen molar-refractivity contribution >= 4 is 43.8 Å². The van der Waals surface area contributed by atoms with Crippen LogP contribution in [0.4, 0.5) is 10.1 Å². The van der Waals surface area contributed by atoms with Gasteiger partial charge in [-0.15, -0.1) is 0 Å². The molecular formula is C27H26ClFN4O4S. The summed E-state index contributed by atoms with van der Waals surface area (Å²) in [5, 5.41) is 0.844. The minimum atomic E-state index is -3.19. The van der Waals surface area contributed by atoms with Crippen molar-refractivity contribution in [3.8, 4) is 22.8 Å². The van der Waals surface area contributed by atoms with E-state index in [1.807, 2.05) is 19.1 Å². The number of nitrogens with one attached hydrogen (secondary N) is 1. The van der Waals surface area contributed by atoms with Crippen molar-refractivity contribution in [2.45, 2.75) is 30.8 Å². The molecule has 1 fully saturated rings. The van der Waals surface area contributed by atoms with Crippen LogP contribution in [0.5, 0.6) is 11.6 Å². The molecule has 0 bridgehead atoms. The summed E-state index contributed by atoms with van der Waals surface area (Å²) in [6, 6.07) is 9.25. The quantitative estimate of drug-likeness (QED) is 0.302. The summed E-state index contributed by atoms with van der Waals surface area (Å²) in [7, 11) is -1.73. The van der Waals surface area contributed by atoms with Gasteiger partial charge < -0.3 is 18.9 Å². The molecule has 1 aliphatic rings. The lowest BCUT2D eigenvalue weighted by molar-refractivity contribution is 0.0261. The number of benzene rings is 2. The van der Waals surface area contributed by atoms with Gasteiger partial charge in [-0.05, 0) is 54.8 Å². The highest BCUT2D eigenvalue weighted by atomic mass is 35.5. The summed E-state index contributed by atoms with van der Waals surface area (Å²) in [5.74, 6) is 4.13. The lowest BCUT2D eigenvalue weighted by Crippen LogP contribution is -2.26. The van der Waals surface area contributed by atoms with Crippen molar-refractivity contribution in [3.05, 3.63) is 65.5 Å². The number of ether oxygens (including phenoxy) is 3. The highest BCUT2D eigenvalue weighted by Gasteiger charge is 2.20. The van der Waals surface area contributed by atoms with Crippen LogP contribution in [0, 0.1) is 12.7 Å². The second-order valence-electron chi connectivity index (χ2n) is 8.89. The fourth-order valence-electron chi connectivity index (χ4n) is 4.31. The molecule has 11 heteroatoms. The van der Waals surface area contributed by atoms with E-state index in [4.69, 9.17) is 25.8 Å². The van der Waals surface area contributed by atoms with Gasteiger partial charge in [-0.25, -0.2) is 23.6 Å². The Balaban J connectivity index is 1.57. The molecule has 0 aliphatic carbocycles. The zero-order chi connectivity index (χ0) is 26.9. The number of rotatable bonds is 7. The molecule has 1 saturated heterocycles. The van der Waals surface area contributed by atoms with Crippen LogP contribution in [-0.2, 0) is 14.4 Å². The van der Waals surface area contributed by atoms with Crippen LogP contribution in [-0.4, -0.2) is 51.5 Å². The van der Waals surface area contributed by atoms with Crippen LogP contribution in [0.15, 0.2) is 53.8 Å². The van der Waals surface area contributed by atoms with Gasteiger partial charge in [-0.2, -0.15) is 0 Å². The maximum Gasteiger partial charge on any atom is 0.238 e. The summed E-state index contributed by atoms with van der Waals surface area (Å²) in [4.78, 5) is 13.4. The van der Waals surface area contributed by atoms with E-state index < -0.39 is 15.5 Å². The number of halogens is 2. The highest BCUT2D eigenvalue weighted by molar-refractivity contribution is 8.01. The molecule has 0 spiro atoms. The number of methoxy groups -OCH3 is 1. The zero-order valence-electron chi connectivity index (χ0n) is 20.9. The number of nitrogens with zero attached hydrogens (tertiary/aromatic N) is 3. The zero-order valence-corrected chi connectivity index (χ0v) is 22.4. The van der Waals surface area contributed by atoms with E-state index in [-0.39, 0.29) is 21.9 Å². The maximum atomic E-state index is 13.6. The smallest absolute Gasteiger partial charge is 0.238 e. The minimum Gasteiger partial charge on any atom is -0.488 e. The van der Waals surface area contributed by atoms with Gasteiger partial charge in [0.2, 0.25) is 5.88 Å². The lowest BCUT2D eigenvalue weighted by Gasteiger charge is -2.24. The number of fused-ring (bicyclic) bond motifs is 1. The molecule has 0 saturated carbocycles. The predicted octanol–water partition coefficient (Wildman–Crippen LogP) is 5.46. The Hall–Kier alpha value is -3.47. The van der Waals surface area contributed by atoms with Crippen molar-refractivity contribution < 1.29 is 22.8 Å². The summed E-state index contributed by atoms with van der Waals surface area (Å²) >= 11 is 6.17. The summed E-state index contributed by atoms with van der Waals surface area (Å²) in [6.45, 7) is 3.21. The predicted molar refractivity (Wildman–Crippen MR) is 147 cm³/mol. The van der Waals surface area contributed by atoms with Crippen LogP contribution < -0.4 is 14.2 Å². The molecule has 5 rings (SSSR count). The minimum absolute atomic E-state index is 0.000452. The normalized spacial score (nSPS) is 15.7. The SMILES string of the molecule is C=S(=O)(Nc1cc(-c2cc(OC3CCOCC3)c3ncnc(C)c3c2)cnc1OC)c1ccc(F)cc1Cl. The molecule has 1 unspecified atom stereocenters. The Labute approximate surface area is 225 Å². The fraction of sp³-hybridized carbons (Fsp3) is 0.259. The van der Waals surface area contributed by atoms with Crippen molar-refractivity contribution in [1.82, 2.24) is 15.0 Å². The average Bonchev–Trinajstić information content (AvgIpc) is 2.89. The number of pyridine rings is 1. The van der Waals surface area contributed by atoms with Crippen LogP contribution >= 0.6 is 11.6 Å². The van der Waals surface area contributed by atoms with Gasteiger partial charge in [0.05, 0.1) is 39.9 Å². The van der Waals surface area contributed by atoms with Gasteiger partial charge in [0.1, 0.15) is 35.2 Å². The highest BCUT2D eigenvalue weighted by Crippen LogP contribution is 2.36. The number of anilines is 1. The average molecular weight is 557 g/mol. The monoisotopic (exact) mass is 556 g/mol. The summed E-state index contributed by atoms with van der Waals surface area (Å²) in [5.41, 5.74) is 3.36. The topological polar surface area (TPSA) is 95.5 Å².